The van der Waals surface area contributed by atoms with Crippen LogP contribution in [0.2, 0.25) is 0 Å². The molecule has 1 fully saturated rings. The summed E-state index contributed by atoms with van der Waals surface area (Å²) in [6, 6.07) is 3.57. The number of aryl methyl sites for hydroxylation is 1. The van der Waals surface area contributed by atoms with Crippen LogP contribution < -0.4 is 4.90 Å². The number of anilines is 1. The minimum absolute atomic E-state index is 0.107. The Labute approximate surface area is 143 Å². The molecule has 5 nitrogen and oxygen atoms in total. The van der Waals surface area contributed by atoms with Gasteiger partial charge in [0.2, 0.25) is 15.9 Å². The monoisotopic (exact) mass is 348 g/mol. The number of carbonyl (C=O) groups is 1. The molecule has 1 atom stereocenters. The van der Waals surface area contributed by atoms with Crippen molar-refractivity contribution in [3.63, 3.8) is 0 Å². The van der Waals surface area contributed by atoms with Gasteiger partial charge < -0.3 is 4.90 Å². The third-order valence-electron chi connectivity index (χ3n) is 5.60. The van der Waals surface area contributed by atoms with Crippen molar-refractivity contribution in [2.75, 3.05) is 24.5 Å². The summed E-state index contributed by atoms with van der Waals surface area (Å²) in [5.41, 5.74) is 2.89. The highest BCUT2D eigenvalue weighted by Gasteiger charge is 2.39. The van der Waals surface area contributed by atoms with Crippen LogP contribution in [-0.4, -0.2) is 38.3 Å². The molecule has 3 heterocycles. The van der Waals surface area contributed by atoms with E-state index in [-0.39, 0.29) is 11.8 Å². The van der Waals surface area contributed by atoms with E-state index in [2.05, 4.69) is 0 Å². The molecule has 0 aromatic heterocycles. The maximum atomic E-state index is 13.1. The Morgan fingerprint density at radius 1 is 1.00 bits per heavy atom. The maximum absolute atomic E-state index is 13.1. The van der Waals surface area contributed by atoms with Crippen LogP contribution in [0.5, 0.6) is 0 Å². The normalized spacial score (nSPS) is 24.8. The number of rotatable bonds is 2. The first-order chi connectivity index (χ1) is 11.5. The lowest BCUT2D eigenvalue weighted by Gasteiger charge is -2.27. The number of benzene rings is 1. The molecule has 4 rings (SSSR count). The minimum atomic E-state index is -3.47. The van der Waals surface area contributed by atoms with Crippen LogP contribution in [-0.2, 0) is 21.2 Å². The van der Waals surface area contributed by atoms with Crippen molar-refractivity contribution >= 4 is 21.6 Å². The van der Waals surface area contributed by atoms with Crippen LogP contribution in [0.4, 0.5) is 5.69 Å². The molecule has 3 aliphatic heterocycles. The van der Waals surface area contributed by atoms with Gasteiger partial charge >= 0.3 is 0 Å². The molecular weight excluding hydrogens is 324 g/mol. The minimum Gasteiger partial charge on any atom is -0.311 e. The average molecular weight is 348 g/mol. The molecule has 0 bridgehead atoms. The van der Waals surface area contributed by atoms with Crippen LogP contribution in [0.3, 0.4) is 0 Å². The third kappa shape index (κ3) is 2.39. The van der Waals surface area contributed by atoms with E-state index in [4.69, 9.17) is 0 Å². The van der Waals surface area contributed by atoms with E-state index in [9.17, 15) is 13.2 Å². The van der Waals surface area contributed by atoms with Gasteiger partial charge in [0.15, 0.2) is 0 Å². The first-order valence-electron chi connectivity index (χ1n) is 8.98. The first kappa shape index (κ1) is 16.1. The van der Waals surface area contributed by atoms with Gasteiger partial charge in [-0.05, 0) is 55.9 Å². The third-order valence-corrected chi connectivity index (χ3v) is 7.47. The Kier molecular flexibility index (Phi) is 3.92. The predicted octanol–water partition coefficient (Wildman–Crippen LogP) is 2.65. The summed E-state index contributed by atoms with van der Waals surface area (Å²) >= 11 is 0. The topological polar surface area (TPSA) is 57.7 Å². The van der Waals surface area contributed by atoms with E-state index in [1.54, 1.807) is 10.4 Å². The smallest absolute Gasteiger partial charge is 0.243 e. The number of hydrogen-bond acceptors (Lipinski definition) is 3. The molecule has 1 amide bonds. The Morgan fingerprint density at radius 3 is 2.42 bits per heavy atom. The van der Waals surface area contributed by atoms with Crippen molar-refractivity contribution in [1.82, 2.24) is 4.31 Å². The van der Waals surface area contributed by atoms with Gasteiger partial charge in [-0.2, -0.15) is 4.31 Å². The second kappa shape index (κ2) is 5.85. The molecule has 1 aromatic carbocycles. The van der Waals surface area contributed by atoms with Gasteiger partial charge in [-0.15, -0.1) is 0 Å². The van der Waals surface area contributed by atoms with Crippen molar-refractivity contribution in [3.05, 3.63) is 23.3 Å². The van der Waals surface area contributed by atoms with Crippen LogP contribution >= 0.6 is 0 Å². The number of sulfonamides is 1. The highest BCUT2D eigenvalue weighted by atomic mass is 32.2. The van der Waals surface area contributed by atoms with Gasteiger partial charge in [-0.3, -0.25) is 4.79 Å². The molecule has 3 aliphatic rings. The van der Waals surface area contributed by atoms with Crippen molar-refractivity contribution in [1.29, 1.82) is 0 Å². The molecule has 130 valence electrons. The van der Waals surface area contributed by atoms with Crippen molar-refractivity contribution < 1.29 is 13.2 Å². The fraction of sp³-hybridized carbons (Fsp3) is 0.611. The highest BCUT2D eigenvalue weighted by Crippen LogP contribution is 2.44. The van der Waals surface area contributed by atoms with E-state index in [0.29, 0.717) is 18.0 Å². The zero-order chi connectivity index (χ0) is 16.9. The Balaban J connectivity index is 1.79. The second-order valence-corrected chi connectivity index (χ2v) is 9.09. The predicted molar refractivity (Wildman–Crippen MR) is 92.8 cm³/mol. The zero-order valence-electron chi connectivity index (χ0n) is 14.1. The summed E-state index contributed by atoms with van der Waals surface area (Å²) in [5.74, 6) is -0.133. The molecule has 24 heavy (non-hydrogen) atoms. The lowest BCUT2D eigenvalue weighted by molar-refractivity contribution is -0.119. The number of carbonyl (C=O) groups excluding carboxylic acids is 1. The van der Waals surface area contributed by atoms with E-state index in [0.717, 1.165) is 61.9 Å². The summed E-state index contributed by atoms with van der Waals surface area (Å²) < 4.78 is 27.9. The van der Waals surface area contributed by atoms with Gasteiger partial charge in [-0.1, -0.05) is 12.8 Å². The van der Waals surface area contributed by atoms with E-state index in [1.165, 1.54) is 0 Å². The molecule has 6 heteroatoms. The second-order valence-electron chi connectivity index (χ2n) is 7.15. The summed E-state index contributed by atoms with van der Waals surface area (Å²) in [4.78, 5) is 14.7. The fourth-order valence-electron chi connectivity index (χ4n) is 4.25. The summed E-state index contributed by atoms with van der Waals surface area (Å²) in [6.07, 6.45) is 5.81. The Hall–Kier alpha value is -1.40. The van der Waals surface area contributed by atoms with Gasteiger partial charge in [0.05, 0.1) is 16.5 Å². The van der Waals surface area contributed by atoms with Gasteiger partial charge in [0.25, 0.3) is 0 Å². The van der Waals surface area contributed by atoms with E-state index in [1.807, 2.05) is 17.9 Å². The van der Waals surface area contributed by atoms with Gasteiger partial charge in [0.1, 0.15) is 0 Å². The summed E-state index contributed by atoms with van der Waals surface area (Å²) in [6.45, 7) is 3.85. The quantitative estimate of drug-likeness (QED) is 0.825. The zero-order valence-corrected chi connectivity index (χ0v) is 14.9. The van der Waals surface area contributed by atoms with Crippen LogP contribution in [0.15, 0.2) is 17.0 Å². The van der Waals surface area contributed by atoms with Gasteiger partial charge in [0, 0.05) is 19.6 Å². The SMILES string of the molecule is C[C@H]1C(=O)N2CCCc3cc(S(=O)(=O)N4CCCCCC4)cc1c32. The van der Waals surface area contributed by atoms with Gasteiger partial charge in [-0.25, -0.2) is 8.42 Å². The summed E-state index contributed by atoms with van der Waals surface area (Å²) in [7, 11) is -3.47. The molecule has 0 aliphatic carbocycles. The van der Waals surface area contributed by atoms with E-state index < -0.39 is 10.0 Å². The molecule has 0 spiro atoms. The Morgan fingerprint density at radius 2 is 1.71 bits per heavy atom. The molecular formula is C18H24N2O3S. The number of amides is 1. The van der Waals surface area contributed by atoms with Crippen LogP contribution in [0.1, 0.15) is 56.1 Å². The lowest BCUT2D eigenvalue weighted by Crippen LogP contribution is -2.33. The molecule has 1 aromatic rings. The van der Waals surface area contributed by atoms with Crippen molar-refractivity contribution in [3.8, 4) is 0 Å². The fourth-order valence-corrected chi connectivity index (χ4v) is 5.85. The lowest BCUT2D eigenvalue weighted by atomic mass is 9.97. The molecule has 0 N–H and O–H groups in total. The van der Waals surface area contributed by atoms with Crippen molar-refractivity contribution in [2.24, 2.45) is 0 Å². The number of hydrogen-bond donors (Lipinski definition) is 0. The average Bonchev–Trinajstić information content (AvgIpc) is 2.80. The van der Waals surface area contributed by atoms with Crippen LogP contribution in [0.25, 0.3) is 0 Å². The molecule has 1 saturated heterocycles. The molecule has 0 saturated carbocycles. The van der Waals surface area contributed by atoms with Crippen molar-refractivity contribution in [2.45, 2.75) is 56.3 Å². The highest BCUT2D eigenvalue weighted by molar-refractivity contribution is 7.89. The maximum Gasteiger partial charge on any atom is 0.243 e. The Bertz CT molecular complexity index is 780. The molecule has 0 radical (unpaired) electrons. The van der Waals surface area contributed by atoms with Crippen LogP contribution in [0, 0.1) is 0 Å². The van der Waals surface area contributed by atoms with E-state index >= 15 is 0 Å². The standard InChI is InChI=1S/C18H24N2O3S/c1-13-16-12-15(24(22,23)19-8-4-2-3-5-9-19)11-14-7-6-10-20(17(14)16)18(13)21/h11-13H,2-10H2,1H3/t13-/m1/s1. The first-order valence-corrected chi connectivity index (χ1v) is 10.4. The number of nitrogens with zero attached hydrogens (tertiary/aromatic N) is 2. The largest absolute Gasteiger partial charge is 0.311 e. The molecule has 0 unspecified atom stereocenters. The summed E-state index contributed by atoms with van der Waals surface area (Å²) in [5, 5.41) is 0.